The van der Waals surface area contributed by atoms with Crippen molar-refractivity contribution in [2.24, 2.45) is 0 Å². The van der Waals surface area contributed by atoms with Crippen molar-refractivity contribution in [3.05, 3.63) is 40.7 Å². The smallest absolute Gasteiger partial charge is 0.321 e. The second-order valence-corrected chi connectivity index (χ2v) is 5.05. The summed E-state index contributed by atoms with van der Waals surface area (Å²) in [7, 11) is -5.34. The Labute approximate surface area is 95.7 Å². The van der Waals surface area contributed by atoms with Gasteiger partial charge < -0.3 is 9.79 Å². The number of alkyl halides is 3. The van der Waals surface area contributed by atoms with Crippen LogP contribution < -0.4 is 0 Å². The van der Waals surface area contributed by atoms with Crippen LogP contribution in [-0.4, -0.2) is 16.0 Å². The van der Waals surface area contributed by atoms with Gasteiger partial charge in [0, 0.05) is 0 Å². The number of benzene rings is 1. The average molecular weight is 266 g/mol. The van der Waals surface area contributed by atoms with E-state index >= 15 is 0 Å². The van der Waals surface area contributed by atoms with E-state index in [2.05, 4.69) is 0 Å². The normalized spacial score (nSPS) is 13.9. The summed E-state index contributed by atoms with van der Waals surface area (Å²) in [6.45, 7) is 1.75. The molecule has 2 N–H and O–H groups in total. The summed E-state index contributed by atoms with van der Waals surface area (Å²) in [4.78, 5) is 17.3. The van der Waals surface area contributed by atoms with Crippen LogP contribution in [0.2, 0.25) is 0 Å². The largest absolute Gasteiger partial charge is 0.424 e. The Morgan fingerprint density at radius 3 is 2.06 bits per heavy atom. The Kier molecular flexibility index (Phi) is 3.81. The molecule has 0 radical (unpaired) electrons. The molecule has 0 saturated heterocycles. The maximum atomic E-state index is 12.4. The highest BCUT2D eigenvalue weighted by molar-refractivity contribution is 7.56. The van der Waals surface area contributed by atoms with Crippen LogP contribution >= 0.6 is 7.60 Å². The molecule has 7 heteroatoms. The Balaban J connectivity index is 3.25. The van der Waals surface area contributed by atoms with Gasteiger partial charge in [-0.15, -0.1) is 0 Å². The van der Waals surface area contributed by atoms with Crippen molar-refractivity contribution in [2.45, 2.75) is 13.1 Å². The van der Waals surface area contributed by atoms with Crippen LogP contribution in [0.15, 0.2) is 29.6 Å². The lowest BCUT2D eigenvalue weighted by molar-refractivity contribution is -0.0855. The monoisotopic (exact) mass is 266 g/mol. The molecular formula is C10H10F3O3P. The first kappa shape index (κ1) is 14.0. The van der Waals surface area contributed by atoms with E-state index in [-0.39, 0.29) is 5.56 Å². The van der Waals surface area contributed by atoms with Gasteiger partial charge in [0.05, 0.1) is 0 Å². The lowest BCUT2D eigenvalue weighted by Gasteiger charge is -2.12. The lowest BCUT2D eigenvalue weighted by atomic mass is 10.1. The third kappa shape index (κ3) is 4.00. The minimum atomic E-state index is -5.34. The molecule has 1 aromatic carbocycles. The van der Waals surface area contributed by atoms with Crippen molar-refractivity contribution in [2.75, 3.05) is 0 Å². The van der Waals surface area contributed by atoms with E-state index in [1.807, 2.05) is 0 Å². The summed E-state index contributed by atoms with van der Waals surface area (Å²) in [5, 5.41) is -1.84. The maximum absolute atomic E-state index is 12.4. The third-order valence-electron chi connectivity index (χ3n) is 1.98. The average Bonchev–Trinajstić information content (AvgIpc) is 2.13. The molecule has 17 heavy (non-hydrogen) atoms. The van der Waals surface area contributed by atoms with Gasteiger partial charge in [-0.3, -0.25) is 4.57 Å². The molecule has 0 aliphatic heterocycles. The van der Waals surface area contributed by atoms with Gasteiger partial charge in [0.2, 0.25) is 0 Å². The Bertz CT molecular complexity index is 471. The molecule has 0 unspecified atom stereocenters. The molecule has 0 bridgehead atoms. The molecule has 0 saturated carbocycles. The standard InChI is InChI=1S/C10H10F3O3P/c1-7-2-4-8(5-3-7)6-9(10(11,12)13)17(14,15)16/h2-6H,1H3,(H2,14,15,16)/b9-6+. The van der Waals surface area contributed by atoms with Crippen LogP contribution in [0.1, 0.15) is 11.1 Å². The van der Waals surface area contributed by atoms with Crippen LogP contribution in [0.3, 0.4) is 0 Å². The van der Waals surface area contributed by atoms with Crippen molar-refractivity contribution in [3.8, 4) is 0 Å². The predicted molar refractivity (Wildman–Crippen MR) is 57.3 cm³/mol. The zero-order valence-electron chi connectivity index (χ0n) is 8.77. The molecule has 0 atom stereocenters. The van der Waals surface area contributed by atoms with Gasteiger partial charge in [-0.1, -0.05) is 29.8 Å². The molecule has 0 fully saturated rings. The van der Waals surface area contributed by atoms with Crippen molar-refractivity contribution < 1.29 is 27.5 Å². The predicted octanol–water partition coefficient (Wildman–Crippen LogP) is 3.08. The first-order valence-corrected chi connectivity index (χ1v) is 6.13. The number of hydrogen-bond donors (Lipinski definition) is 2. The quantitative estimate of drug-likeness (QED) is 0.809. The van der Waals surface area contributed by atoms with Crippen LogP contribution in [0.5, 0.6) is 0 Å². The fourth-order valence-electron chi connectivity index (χ4n) is 1.15. The second kappa shape index (κ2) is 4.64. The highest BCUT2D eigenvalue weighted by atomic mass is 31.2. The lowest BCUT2D eigenvalue weighted by Crippen LogP contribution is -2.12. The van der Waals surface area contributed by atoms with Crippen molar-refractivity contribution in [3.63, 3.8) is 0 Å². The van der Waals surface area contributed by atoms with Gasteiger partial charge in [0.15, 0.2) is 0 Å². The molecule has 0 heterocycles. The molecule has 1 rings (SSSR count). The van der Waals surface area contributed by atoms with E-state index in [1.54, 1.807) is 19.1 Å². The van der Waals surface area contributed by atoms with E-state index in [4.69, 9.17) is 9.79 Å². The van der Waals surface area contributed by atoms with Crippen LogP contribution in [0.4, 0.5) is 13.2 Å². The summed E-state index contributed by atoms with van der Waals surface area (Å²) in [6.07, 6.45) is -4.59. The fourth-order valence-corrected chi connectivity index (χ4v) is 1.80. The SMILES string of the molecule is Cc1ccc(/C=C(\C(F)(F)F)P(=O)(O)O)cc1. The molecule has 1 aromatic rings. The maximum Gasteiger partial charge on any atom is 0.424 e. The van der Waals surface area contributed by atoms with Crippen LogP contribution in [-0.2, 0) is 4.57 Å². The van der Waals surface area contributed by atoms with Crippen molar-refractivity contribution in [1.82, 2.24) is 0 Å². The zero-order valence-corrected chi connectivity index (χ0v) is 9.66. The third-order valence-corrected chi connectivity index (χ3v) is 3.00. The topological polar surface area (TPSA) is 57.5 Å². The first-order valence-electron chi connectivity index (χ1n) is 4.52. The van der Waals surface area contributed by atoms with E-state index in [9.17, 15) is 17.7 Å². The second-order valence-electron chi connectivity index (χ2n) is 3.48. The van der Waals surface area contributed by atoms with E-state index in [0.29, 0.717) is 6.08 Å². The Hall–Kier alpha value is -1.10. The summed E-state index contributed by atoms with van der Waals surface area (Å²) in [6, 6.07) is 5.83. The molecule has 0 aliphatic rings. The molecule has 94 valence electrons. The number of halogens is 3. The Morgan fingerprint density at radius 2 is 1.71 bits per heavy atom. The summed E-state index contributed by atoms with van der Waals surface area (Å²) in [5.41, 5.74) is 0.929. The van der Waals surface area contributed by atoms with Gasteiger partial charge >= 0.3 is 13.8 Å². The molecule has 0 amide bonds. The fraction of sp³-hybridized carbons (Fsp3) is 0.200. The number of aryl methyl sites for hydroxylation is 1. The first-order chi connectivity index (χ1) is 7.60. The van der Waals surface area contributed by atoms with Crippen LogP contribution in [0, 0.1) is 6.92 Å². The Morgan fingerprint density at radius 1 is 1.24 bits per heavy atom. The van der Waals surface area contributed by atoms with Crippen molar-refractivity contribution in [1.29, 1.82) is 0 Å². The minimum absolute atomic E-state index is 0.0891. The van der Waals surface area contributed by atoms with E-state index in [1.165, 1.54) is 12.1 Å². The summed E-state index contributed by atoms with van der Waals surface area (Å²) >= 11 is 0. The molecule has 0 aliphatic carbocycles. The zero-order chi connectivity index (χ0) is 13.3. The van der Waals surface area contributed by atoms with Gasteiger partial charge in [0.1, 0.15) is 5.31 Å². The van der Waals surface area contributed by atoms with Crippen LogP contribution in [0.25, 0.3) is 6.08 Å². The highest BCUT2D eigenvalue weighted by Gasteiger charge is 2.44. The minimum Gasteiger partial charge on any atom is -0.321 e. The number of rotatable bonds is 2. The number of hydrogen-bond acceptors (Lipinski definition) is 1. The van der Waals surface area contributed by atoms with Gasteiger partial charge in [-0.25, -0.2) is 0 Å². The highest BCUT2D eigenvalue weighted by Crippen LogP contribution is 2.53. The van der Waals surface area contributed by atoms with Gasteiger partial charge in [0.25, 0.3) is 0 Å². The van der Waals surface area contributed by atoms with E-state index < -0.39 is 19.1 Å². The molecule has 3 nitrogen and oxygen atoms in total. The van der Waals surface area contributed by atoms with Gasteiger partial charge in [-0.2, -0.15) is 13.2 Å². The summed E-state index contributed by atoms with van der Waals surface area (Å²) < 4.78 is 48.0. The number of allylic oxidation sites excluding steroid dienone is 1. The van der Waals surface area contributed by atoms with E-state index in [0.717, 1.165) is 5.56 Å². The summed E-state index contributed by atoms with van der Waals surface area (Å²) in [5.74, 6) is 0. The molecule has 0 spiro atoms. The molecule has 0 aromatic heterocycles. The molecular weight excluding hydrogens is 256 g/mol. The van der Waals surface area contributed by atoms with Gasteiger partial charge in [-0.05, 0) is 18.6 Å². The van der Waals surface area contributed by atoms with Crippen molar-refractivity contribution >= 4 is 13.7 Å².